The van der Waals surface area contributed by atoms with Crippen LogP contribution in [0.1, 0.15) is 50.0 Å². The molecule has 134 valence electrons. The number of benzene rings is 1. The summed E-state index contributed by atoms with van der Waals surface area (Å²) in [6, 6.07) is 8.80. The molecule has 1 unspecified atom stereocenters. The van der Waals surface area contributed by atoms with Crippen LogP contribution in [0.4, 0.5) is 0 Å². The molecule has 0 amide bonds. The Bertz CT molecular complexity index is 594. The van der Waals surface area contributed by atoms with Gasteiger partial charge in [-0.1, -0.05) is 24.3 Å². The van der Waals surface area contributed by atoms with Crippen molar-refractivity contribution in [2.24, 2.45) is 0 Å². The Morgan fingerprint density at radius 1 is 1.21 bits per heavy atom. The molecular weight excluding hydrogens is 342 g/mol. The molecule has 1 aliphatic rings. The Morgan fingerprint density at radius 3 is 2.25 bits per heavy atom. The molecule has 0 radical (unpaired) electrons. The summed E-state index contributed by atoms with van der Waals surface area (Å²) in [5.74, 6) is 0. The van der Waals surface area contributed by atoms with Gasteiger partial charge in [0.2, 0.25) is 0 Å². The van der Waals surface area contributed by atoms with Gasteiger partial charge in [-0.05, 0) is 24.8 Å². The van der Waals surface area contributed by atoms with Crippen molar-refractivity contribution >= 4 is 17.0 Å². The van der Waals surface area contributed by atoms with Gasteiger partial charge < -0.3 is 0 Å². The van der Waals surface area contributed by atoms with Crippen LogP contribution in [0.25, 0.3) is 6.08 Å². The molecule has 0 saturated heterocycles. The third-order valence-corrected chi connectivity index (χ3v) is 9.44. The Balaban J connectivity index is 0.000000655. The molecule has 24 heavy (non-hydrogen) atoms. The van der Waals surface area contributed by atoms with Crippen LogP contribution in [0.5, 0.6) is 0 Å². The largest absolute Gasteiger partial charge is 0.0149 e. The van der Waals surface area contributed by atoms with Crippen LogP contribution < -0.4 is 3.80 Å². The molecule has 3 heteroatoms. The molecule has 0 saturated carbocycles. The second-order valence-electron chi connectivity index (χ2n) is 7.80. The van der Waals surface area contributed by atoms with Gasteiger partial charge in [0.1, 0.15) is 0 Å². The topological polar surface area (TPSA) is 12.0 Å². The number of hydrogen-bond donors (Lipinski definition) is 1. The molecule has 0 bridgehead atoms. The van der Waals surface area contributed by atoms with Crippen molar-refractivity contribution in [2.45, 2.75) is 54.8 Å². The maximum Gasteiger partial charge on any atom is -0.0149 e. The summed E-state index contributed by atoms with van der Waals surface area (Å²) in [7, 11) is 0. The first-order valence-electron chi connectivity index (χ1n) is 8.42. The van der Waals surface area contributed by atoms with Crippen molar-refractivity contribution < 1.29 is 16.8 Å². The molecule has 1 N–H and O–H groups in total. The summed E-state index contributed by atoms with van der Waals surface area (Å²) in [6.45, 7) is 14.4. The molecule has 0 spiro atoms. The van der Waals surface area contributed by atoms with E-state index in [2.05, 4.69) is 78.0 Å². The van der Waals surface area contributed by atoms with E-state index in [-0.39, 0.29) is 16.5 Å². The fourth-order valence-electron chi connectivity index (χ4n) is 3.04. The first-order chi connectivity index (χ1) is 10.6. The number of rotatable bonds is 3. The number of hydrogen-bond acceptors (Lipinski definition) is 1. The van der Waals surface area contributed by atoms with Crippen LogP contribution in [0.15, 0.2) is 54.6 Å². The van der Waals surface area contributed by atoms with Crippen LogP contribution in [0.3, 0.4) is 0 Å². The van der Waals surface area contributed by atoms with Crippen molar-refractivity contribution in [2.75, 3.05) is 0 Å². The molecule has 0 heterocycles. The van der Waals surface area contributed by atoms with Gasteiger partial charge in [0.25, 0.3) is 0 Å². The Morgan fingerprint density at radius 2 is 1.79 bits per heavy atom. The average molecular weight is 379 g/mol. The molecule has 0 aromatic heterocycles. The summed E-state index contributed by atoms with van der Waals surface area (Å²) in [6.07, 6.45) is 8.55. The van der Waals surface area contributed by atoms with Gasteiger partial charge in [-0.2, -0.15) is 0 Å². The van der Waals surface area contributed by atoms with Crippen molar-refractivity contribution in [3.63, 3.8) is 0 Å². The van der Waals surface area contributed by atoms with Gasteiger partial charge in [0.15, 0.2) is 0 Å². The van der Waals surface area contributed by atoms with Crippen LogP contribution in [0, 0.1) is 0 Å². The molecule has 0 fully saturated rings. The van der Waals surface area contributed by atoms with Gasteiger partial charge in [0, 0.05) is 0 Å². The first-order valence-corrected chi connectivity index (χ1v) is 13.2. The summed E-state index contributed by atoms with van der Waals surface area (Å²) in [4.78, 5) is 0. The molecule has 1 nitrogen and oxygen atoms in total. The van der Waals surface area contributed by atoms with E-state index in [4.69, 9.17) is 0 Å². The fourth-order valence-corrected chi connectivity index (χ4v) is 8.83. The first kappa shape index (κ1) is 23.3. The standard InChI is InChI=1S/C9H7.C6H10.C4H10N.2CH3.H4Si.Ti/c1-2-5-9-7-3-6-8(9)4-1;1-4-6(3)5-2;1-4(2,3)5;;;;/h1-7H;4-5H,1H2,2-3H3;5H,1-3H3;2*1H3;1H4;/q;;-1;;;;+1. The zero-order valence-electron chi connectivity index (χ0n) is 15.9. The third kappa shape index (κ3) is 7.06. The van der Waals surface area contributed by atoms with E-state index in [1.807, 2.05) is 26.0 Å². The predicted octanol–water partition coefficient (Wildman–Crippen LogP) is 4.99. The smallest absolute Gasteiger partial charge is 0.0149 e. The minimum atomic E-state index is -2.04. The maximum atomic E-state index is 3.91. The summed E-state index contributed by atoms with van der Waals surface area (Å²) >= 11 is -2.04. The molecule has 1 aliphatic carbocycles. The fraction of sp³-hybridized carbons (Fsp3) is 0.429. The number of nitrogens with one attached hydrogen (secondary N) is 1. The van der Waals surface area contributed by atoms with Crippen molar-refractivity contribution in [3.8, 4) is 0 Å². The number of allylic oxidation sites excluding steroid dienone is 4. The minimum absolute atomic E-state index is 0. The van der Waals surface area contributed by atoms with E-state index < -0.39 is 16.8 Å². The molecular formula is C21H37NSiTi. The molecule has 2 rings (SSSR count). The second kappa shape index (κ2) is 9.72. The zero-order chi connectivity index (χ0) is 17.7. The third-order valence-electron chi connectivity index (χ3n) is 4.05. The molecule has 1 aromatic carbocycles. The summed E-state index contributed by atoms with van der Waals surface area (Å²) in [5, 5.41) is 4.95. The second-order valence-corrected chi connectivity index (χ2v) is 14.5. The van der Waals surface area contributed by atoms with Gasteiger partial charge in [-0.25, -0.2) is 0 Å². The predicted molar refractivity (Wildman–Crippen MR) is 114 cm³/mol. The van der Waals surface area contributed by atoms with Crippen molar-refractivity contribution in [1.82, 2.24) is 3.80 Å². The van der Waals surface area contributed by atoms with Gasteiger partial charge >= 0.3 is 109 Å². The van der Waals surface area contributed by atoms with Crippen molar-refractivity contribution in [1.29, 1.82) is 0 Å². The maximum absolute atomic E-state index is 3.91. The van der Waals surface area contributed by atoms with Crippen LogP contribution >= 0.6 is 0 Å². The van der Waals surface area contributed by atoms with E-state index >= 15 is 0 Å². The van der Waals surface area contributed by atoms with Gasteiger partial charge in [0.05, 0.1) is 0 Å². The van der Waals surface area contributed by atoms with Gasteiger partial charge in [-0.3, -0.25) is 0 Å². The normalized spacial score (nSPS) is 16.6. The van der Waals surface area contributed by atoms with E-state index in [1.54, 1.807) is 0 Å². The van der Waals surface area contributed by atoms with E-state index in [0.717, 1.165) is 0 Å². The summed E-state index contributed by atoms with van der Waals surface area (Å²) < 4.78 is 4.56. The Labute approximate surface area is 158 Å². The van der Waals surface area contributed by atoms with Crippen LogP contribution in [0.2, 0.25) is 10.5 Å². The quantitative estimate of drug-likeness (QED) is 0.576. The molecule has 1 atom stereocenters. The Kier molecular flexibility index (Phi) is 9.45. The van der Waals surface area contributed by atoms with Crippen LogP contribution in [-0.2, 0) is 16.8 Å². The SMILES string of the molecule is C=CC(C)=CC.CC(C)(C)[NH][Ti]([CH3])([CH3])[CH]1C=Cc2ccccc21.[SiH4]. The summed E-state index contributed by atoms with van der Waals surface area (Å²) in [5.41, 5.74) is 4.38. The number of fused-ring (bicyclic) bond motifs is 1. The minimum Gasteiger partial charge on any atom is -0.0149 e. The van der Waals surface area contributed by atoms with E-state index in [0.29, 0.717) is 4.22 Å². The van der Waals surface area contributed by atoms with E-state index in [1.165, 1.54) is 16.7 Å². The van der Waals surface area contributed by atoms with Crippen molar-refractivity contribution in [3.05, 3.63) is 65.8 Å². The zero-order valence-corrected chi connectivity index (χ0v) is 17.5. The molecule has 1 aromatic rings. The molecule has 0 aliphatic heterocycles. The van der Waals surface area contributed by atoms with Gasteiger partial charge in [-0.15, -0.1) is 0 Å². The van der Waals surface area contributed by atoms with E-state index in [9.17, 15) is 0 Å². The monoisotopic (exact) mass is 379 g/mol. The Hall–Kier alpha value is -0.669. The van der Waals surface area contributed by atoms with Crippen LogP contribution in [-0.4, -0.2) is 16.5 Å². The average Bonchev–Trinajstić information content (AvgIpc) is 2.89.